The van der Waals surface area contributed by atoms with Gasteiger partial charge in [-0.3, -0.25) is 0 Å². The van der Waals surface area contributed by atoms with Gasteiger partial charge in [0.25, 0.3) is 0 Å². The molecular formula is C8H8N2O2. The molecule has 4 heteroatoms. The van der Waals surface area contributed by atoms with E-state index in [0.717, 1.165) is 0 Å². The summed E-state index contributed by atoms with van der Waals surface area (Å²) in [6.07, 6.45) is 2.55. The van der Waals surface area contributed by atoms with E-state index in [2.05, 4.69) is 10.3 Å². The van der Waals surface area contributed by atoms with E-state index in [1.54, 1.807) is 24.3 Å². The smallest absolute Gasteiger partial charge is 0.0740 e. The van der Waals surface area contributed by atoms with Gasteiger partial charge in [-0.1, -0.05) is 34.6 Å². The van der Waals surface area contributed by atoms with Crippen molar-refractivity contribution in [2.45, 2.75) is 0 Å². The highest BCUT2D eigenvalue weighted by atomic mass is 16.4. The zero-order chi connectivity index (χ0) is 8.81. The summed E-state index contributed by atoms with van der Waals surface area (Å²) in [5, 5.41) is 22.3. The van der Waals surface area contributed by atoms with Crippen LogP contribution >= 0.6 is 0 Å². The van der Waals surface area contributed by atoms with Crippen LogP contribution in [0.25, 0.3) is 0 Å². The Morgan fingerprint density at radius 2 is 1.33 bits per heavy atom. The number of benzene rings is 1. The predicted octanol–water partition coefficient (Wildman–Crippen LogP) is 1.30. The second-order valence-electron chi connectivity index (χ2n) is 2.12. The summed E-state index contributed by atoms with van der Waals surface area (Å²) < 4.78 is 0. The molecule has 0 bridgehead atoms. The number of nitrogens with zero attached hydrogens (tertiary/aromatic N) is 2. The average Bonchev–Trinajstić information content (AvgIpc) is 2.09. The normalized spacial score (nSPS) is 11.3. The fourth-order valence-electron chi connectivity index (χ4n) is 0.870. The zero-order valence-corrected chi connectivity index (χ0v) is 6.25. The molecule has 0 unspecified atom stereocenters. The summed E-state index contributed by atoms with van der Waals surface area (Å²) in [5.41, 5.74) is 1.38. The van der Waals surface area contributed by atoms with Crippen LogP contribution in [-0.4, -0.2) is 22.8 Å². The molecule has 0 saturated carbocycles. The van der Waals surface area contributed by atoms with E-state index < -0.39 is 0 Å². The second-order valence-corrected chi connectivity index (χ2v) is 2.12. The molecule has 1 aromatic carbocycles. The minimum absolute atomic E-state index is 0.692. The third-order valence-electron chi connectivity index (χ3n) is 1.39. The molecule has 2 N–H and O–H groups in total. The molecule has 0 aromatic heterocycles. The van der Waals surface area contributed by atoms with Crippen LogP contribution in [-0.2, 0) is 0 Å². The monoisotopic (exact) mass is 164 g/mol. The lowest BCUT2D eigenvalue weighted by molar-refractivity contribution is 0.321. The molecule has 0 aliphatic rings. The number of hydrogen-bond acceptors (Lipinski definition) is 4. The van der Waals surface area contributed by atoms with Gasteiger partial charge >= 0.3 is 0 Å². The van der Waals surface area contributed by atoms with Crippen molar-refractivity contribution in [1.82, 2.24) is 0 Å². The Balaban J connectivity index is 3.08. The van der Waals surface area contributed by atoms with Gasteiger partial charge < -0.3 is 10.4 Å². The molecule has 0 radical (unpaired) electrons. The van der Waals surface area contributed by atoms with Crippen LogP contribution in [0, 0.1) is 0 Å². The first-order chi connectivity index (χ1) is 5.88. The highest BCUT2D eigenvalue weighted by Gasteiger charge is 1.94. The fourth-order valence-corrected chi connectivity index (χ4v) is 0.870. The van der Waals surface area contributed by atoms with Gasteiger partial charge in [-0.15, -0.1) is 0 Å². The van der Waals surface area contributed by atoms with E-state index in [1.165, 1.54) is 12.4 Å². The van der Waals surface area contributed by atoms with E-state index in [9.17, 15) is 0 Å². The first-order valence-electron chi connectivity index (χ1n) is 3.32. The lowest BCUT2D eigenvalue weighted by Crippen LogP contribution is -1.90. The number of hydrogen-bond donors (Lipinski definition) is 2. The van der Waals surface area contributed by atoms with Gasteiger partial charge in [0.2, 0.25) is 0 Å². The largest absolute Gasteiger partial charge is 0.411 e. The second kappa shape index (κ2) is 4.12. The van der Waals surface area contributed by atoms with E-state index >= 15 is 0 Å². The number of oxime groups is 2. The molecule has 12 heavy (non-hydrogen) atoms. The molecule has 62 valence electrons. The first-order valence-corrected chi connectivity index (χ1v) is 3.32. The Morgan fingerprint density at radius 3 is 1.67 bits per heavy atom. The van der Waals surface area contributed by atoms with Gasteiger partial charge in [-0.05, 0) is 0 Å². The van der Waals surface area contributed by atoms with Crippen molar-refractivity contribution in [2.24, 2.45) is 10.3 Å². The average molecular weight is 164 g/mol. The van der Waals surface area contributed by atoms with Crippen molar-refractivity contribution in [3.05, 3.63) is 35.4 Å². The lowest BCUT2D eigenvalue weighted by atomic mass is 10.1. The zero-order valence-electron chi connectivity index (χ0n) is 6.25. The Morgan fingerprint density at radius 1 is 0.917 bits per heavy atom. The Bertz CT molecular complexity index is 277. The van der Waals surface area contributed by atoms with E-state index in [0.29, 0.717) is 11.1 Å². The van der Waals surface area contributed by atoms with Crippen molar-refractivity contribution in [3.8, 4) is 0 Å². The summed E-state index contributed by atoms with van der Waals surface area (Å²) in [7, 11) is 0. The van der Waals surface area contributed by atoms with Crippen LogP contribution in [0.2, 0.25) is 0 Å². The maximum atomic E-state index is 8.27. The van der Waals surface area contributed by atoms with Gasteiger partial charge in [0.05, 0.1) is 12.4 Å². The summed E-state index contributed by atoms with van der Waals surface area (Å²) in [6.45, 7) is 0. The Hall–Kier alpha value is -1.84. The van der Waals surface area contributed by atoms with Crippen LogP contribution in [0.5, 0.6) is 0 Å². The Kier molecular flexibility index (Phi) is 2.84. The minimum Gasteiger partial charge on any atom is -0.411 e. The van der Waals surface area contributed by atoms with Gasteiger partial charge in [-0.2, -0.15) is 0 Å². The SMILES string of the molecule is O/N=C/c1ccccc1/C=N/O. The van der Waals surface area contributed by atoms with Crippen LogP contribution in [0.4, 0.5) is 0 Å². The topological polar surface area (TPSA) is 65.2 Å². The van der Waals surface area contributed by atoms with Crippen molar-refractivity contribution in [3.63, 3.8) is 0 Å². The van der Waals surface area contributed by atoms with Gasteiger partial charge in [0.15, 0.2) is 0 Å². The molecule has 4 nitrogen and oxygen atoms in total. The molecule has 0 heterocycles. The Labute approximate surface area is 69.4 Å². The molecular weight excluding hydrogens is 156 g/mol. The standard InChI is InChI=1S/C8H8N2O2/c11-9-5-7-3-1-2-4-8(7)6-10-12/h1-6,11-12H/b9-5+,10-6+. The lowest BCUT2D eigenvalue weighted by Gasteiger charge is -1.95. The van der Waals surface area contributed by atoms with Crippen LogP contribution in [0.15, 0.2) is 34.6 Å². The van der Waals surface area contributed by atoms with E-state index in [-0.39, 0.29) is 0 Å². The van der Waals surface area contributed by atoms with Gasteiger partial charge in [-0.25, -0.2) is 0 Å². The summed E-state index contributed by atoms with van der Waals surface area (Å²) in [4.78, 5) is 0. The summed E-state index contributed by atoms with van der Waals surface area (Å²) in [5.74, 6) is 0. The van der Waals surface area contributed by atoms with Gasteiger partial charge in [0.1, 0.15) is 0 Å². The van der Waals surface area contributed by atoms with Gasteiger partial charge in [0, 0.05) is 11.1 Å². The van der Waals surface area contributed by atoms with Crippen molar-refractivity contribution < 1.29 is 10.4 Å². The number of rotatable bonds is 2. The maximum absolute atomic E-state index is 8.27. The highest BCUT2D eigenvalue weighted by Crippen LogP contribution is 2.02. The van der Waals surface area contributed by atoms with E-state index in [4.69, 9.17) is 10.4 Å². The molecule has 1 rings (SSSR count). The highest BCUT2D eigenvalue weighted by molar-refractivity contribution is 5.93. The maximum Gasteiger partial charge on any atom is 0.0740 e. The molecule has 0 aliphatic carbocycles. The minimum atomic E-state index is 0.692. The predicted molar refractivity (Wildman–Crippen MR) is 45.2 cm³/mol. The molecule has 0 atom stereocenters. The third kappa shape index (κ3) is 1.82. The fraction of sp³-hybridized carbons (Fsp3) is 0. The molecule has 0 saturated heterocycles. The van der Waals surface area contributed by atoms with Crippen molar-refractivity contribution >= 4 is 12.4 Å². The summed E-state index contributed by atoms with van der Waals surface area (Å²) >= 11 is 0. The van der Waals surface area contributed by atoms with Crippen LogP contribution in [0.3, 0.4) is 0 Å². The quantitative estimate of drug-likeness (QED) is 0.393. The molecule has 0 spiro atoms. The molecule has 0 amide bonds. The molecule has 1 aromatic rings. The van der Waals surface area contributed by atoms with Crippen molar-refractivity contribution in [1.29, 1.82) is 0 Å². The van der Waals surface area contributed by atoms with Crippen molar-refractivity contribution in [2.75, 3.05) is 0 Å². The van der Waals surface area contributed by atoms with Crippen LogP contribution < -0.4 is 0 Å². The summed E-state index contributed by atoms with van der Waals surface area (Å²) in [6, 6.07) is 7.09. The van der Waals surface area contributed by atoms with Crippen LogP contribution in [0.1, 0.15) is 11.1 Å². The first kappa shape index (κ1) is 8.26. The molecule has 0 fully saturated rings. The third-order valence-corrected chi connectivity index (χ3v) is 1.39. The molecule has 0 aliphatic heterocycles. The van der Waals surface area contributed by atoms with E-state index in [1.807, 2.05) is 0 Å².